The van der Waals surface area contributed by atoms with E-state index in [1.54, 1.807) is 7.11 Å². The summed E-state index contributed by atoms with van der Waals surface area (Å²) in [5.74, 6) is 2.47. The van der Waals surface area contributed by atoms with Gasteiger partial charge in [0.1, 0.15) is 11.6 Å². The first kappa shape index (κ1) is 14.1. The number of hydrogen-bond acceptors (Lipinski definition) is 4. The average Bonchev–Trinajstić information content (AvgIpc) is 2.52. The topological polar surface area (TPSA) is 60.2 Å². The molecule has 21 heavy (non-hydrogen) atoms. The Morgan fingerprint density at radius 1 is 1.29 bits per heavy atom. The van der Waals surface area contributed by atoms with E-state index < -0.39 is 0 Å². The van der Waals surface area contributed by atoms with Gasteiger partial charge in [-0.1, -0.05) is 18.6 Å². The Morgan fingerprint density at radius 3 is 3.00 bits per heavy atom. The molecule has 1 aliphatic carbocycles. The molecule has 0 amide bonds. The van der Waals surface area contributed by atoms with Crippen molar-refractivity contribution in [2.75, 3.05) is 19.0 Å². The van der Waals surface area contributed by atoms with Crippen LogP contribution in [0.15, 0.2) is 30.5 Å². The number of rotatable bonds is 4. The van der Waals surface area contributed by atoms with Crippen LogP contribution < -0.4 is 15.8 Å². The molecule has 1 aromatic heterocycles. The van der Waals surface area contributed by atoms with Gasteiger partial charge in [0.05, 0.1) is 7.11 Å². The monoisotopic (exact) mass is 285 g/mol. The van der Waals surface area contributed by atoms with Gasteiger partial charge in [-0.05, 0) is 37.3 Å². The van der Waals surface area contributed by atoms with Crippen LogP contribution in [0.2, 0.25) is 0 Å². The zero-order valence-electron chi connectivity index (χ0n) is 12.5. The fourth-order valence-corrected chi connectivity index (χ4v) is 3.26. The van der Waals surface area contributed by atoms with Crippen molar-refractivity contribution >= 4 is 16.6 Å². The number of pyridine rings is 1. The summed E-state index contributed by atoms with van der Waals surface area (Å²) >= 11 is 0. The summed E-state index contributed by atoms with van der Waals surface area (Å²) < 4.78 is 5.42. The molecule has 3 rings (SSSR count). The molecule has 4 heteroatoms. The summed E-state index contributed by atoms with van der Waals surface area (Å²) in [6.45, 7) is 0.941. The Morgan fingerprint density at radius 2 is 2.19 bits per heavy atom. The first-order chi connectivity index (χ1) is 10.3. The first-order valence-electron chi connectivity index (χ1n) is 7.69. The van der Waals surface area contributed by atoms with Crippen molar-refractivity contribution in [1.82, 2.24) is 4.98 Å². The van der Waals surface area contributed by atoms with Crippen molar-refractivity contribution in [2.45, 2.75) is 31.7 Å². The maximum atomic E-state index is 6.06. The lowest BCUT2D eigenvalue weighted by Crippen LogP contribution is -2.31. The predicted octanol–water partition coefficient (Wildman–Crippen LogP) is 3.17. The van der Waals surface area contributed by atoms with E-state index in [4.69, 9.17) is 10.5 Å². The van der Waals surface area contributed by atoms with Crippen LogP contribution in [0.1, 0.15) is 25.7 Å². The van der Waals surface area contributed by atoms with E-state index >= 15 is 0 Å². The number of hydrogen-bond donors (Lipinski definition) is 2. The van der Waals surface area contributed by atoms with E-state index in [0.29, 0.717) is 12.0 Å². The van der Waals surface area contributed by atoms with Crippen molar-refractivity contribution in [3.63, 3.8) is 0 Å². The molecule has 1 aliphatic rings. The third-order valence-electron chi connectivity index (χ3n) is 4.37. The molecule has 2 atom stereocenters. The van der Waals surface area contributed by atoms with Gasteiger partial charge in [0.15, 0.2) is 0 Å². The van der Waals surface area contributed by atoms with Gasteiger partial charge in [-0.2, -0.15) is 0 Å². The normalized spacial score (nSPS) is 22.2. The van der Waals surface area contributed by atoms with Crippen LogP contribution in [0, 0.1) is 5.92 Å². The Labute approximate surface area is 125 Å². The Hall–Kier alpha value is -1.81. The van der Waals surface area contributed by atoms with Crippen LogP contribution in [0.4, 0.5) is 5.82 Å². The second-order valence-corrected chi connectivity index (χ2v) is 5.89. The molecule has 1 aromatic carbocycles. The number of ether oxygens (including phenoxy) is 1. The maximum absolute atomic E-state index is 6.06. The van der Waals surface area contributed by atoms with Crippen LogP contribution in [0.25, 0.3) is 10.8 Å². The second kappa shape index (κ2) is 6.31. The lowest BCUT2D eigenvalue weighted by molar-refractivity contribution is 0.335. The van der Waals surface area contributed by atoms with Gasteiger partial charge in [-0.15, -0.1) is 0 Å². The molecule has 0 aliphatic heterocycles. The van der Waals surface area contributed by atoms with Crippen LogP contribution in [-0.2, 0) is 0 Å². The molecule has 4 nitrogen and oxygen atoms in total. The number of nitrogens with two attached hydrogens (primary N) is 1. The second-order valence-electron chi connectivity index (χ2n) is 5.89. The molecule has 0 radical (unpaired) electrons. The van der Waals surface area contributed by atoms with Crippen LogP contribution in [0.5, 0.6) is 5.75 Å². The molecule has 2 aromatic rings. The van der Waals surface area contributed by atoms with E-state index in [-0.39, 0.29) is 0 Å². The molecule has 112 valence electrons. The van der Waals surface area contributed by atoms with Crippen LogP contribution >= 0.6 is 0 Å². The molecule has 2 unspecified atom stereocenters. The fraction of sp³-hybridized carbons (Fsp3) is 0.471. The first-order valence-corrected chi connectivity index (χ1v) is 7.69. The highest BCUT2D eigenvalue weighted by atomic mass is 16.5. The summed E-state index contributed by atoms with van der Waals surface area (Å²) in [5.41, 5.74) is 6.06. The van der Waals surface area contributed by atoms with Crippen molar-refractivity contribution in [1.29, 1.82) is 0 Å². The number of aromatic nitrogens is 1. The van der Waals surface area contributed by atoms with Gasteiger partial charge in [-0.25, -0.2) is 4.98 Å². The summed E-state index contributed by atoms with van der Waals surface area (Å²) in [4.78, 5) is 4.49. The van der Waals surface area contributed by atoms with E-state index in [9.17, 15) is 0 Å². The van der Waals surface area contributed by atoms with E-state index in [2.05, 4.69) is 16.4 Å². The molecular weight excluding hydrogens is 262 g/mol. The van der Waals surface area contributed by atoms with Gasteiger partial charge in [-0.3, -0.25) is 0 Å². The van der Waals surface area contributed by atoms with Crippen molar-refractivity contribution in [3.8, 4) is 5.75 Å². The Bertz CT molecular complexity index is 614. The summed E-state index contributed by atoms with van der Waals surface area (Å²) in [6, 6.07) is 8.43. The third-order valence-corrected chi connectivity index (χ3v) is 4.37. The number of benzene rings is 1. The molecule has 0 bridgehead atoms. The van der Waals surface area contributed by atoms with Gasteiger partial charge >= 0.3 is 0 Å². The number of methoxy groups -OCH3 is 1. The lowest BCUT2D eigenvalue weighted by Gasteiger charge is -2.27. The SMILES string of the molecule is COc1cccc2c(NCC3CCCC(N)C3)nccc12. The molecule has 1 heterocycles. The van der Waals surface area contributed by atoms with E-state index in [1.807, 2.05) is 24.4 Å². The largest absolute Gasteiger partial charge is 0.496 e. The van der Waals surface area contributed by atoms with Gasteiger partial charge in [0.2, 0.25) is 0 Å². The van der Waals surface area contributed by atoms with Gasteiger partial charge < -0.3 is 15.8 Å². The Balaban J connectivity index is 1.78. The standard InChI is InChI=1S/C17H23N3O/c1-21-16-7-3-6-15-14(16)8-9-19-17(15)20-11-12-4-2-5-13(18)10-12/h3,6-9,12-13H,2,4-5,10-11,18H2,1H3,(H,19,20). The molecule has 1 saturated carbocycles. The maximum Gasteiger partial charge on any atom is 0.133 e. The summed E-state index contributed by atoms with van der Waals surface area (Å²) in [6.07, 6.45) is 6.61. The molecule has 3 N–H and O–H groups in total. The van der Waals surface area contributed by atoms with Gasteiger partial charge in [0.25, 0.3) is 0 Å². The highest BCUT2D eigenvalue weighted by Crippen LogP contribution is 2.30. The van der Waals surface area contributed by atoms with Gasteiger partial charge in [0, 0.05) is 29.6 Å². The number of anilines is 1. The van der Waals surface area contributed by atoms with Crippen molar-refractivity contribution in [3.05, 3.63) is 30.5 Å². The van der Waals surface area contributed by atoms with E-state index in [1.165, 1.54) is 19.3 Å². The zero-order valence-corrected chi connectivity index (χ0v) is 12.5. The minimum absolute atomic E-state index is 0.367. The molecule has 1 fully saturated rings. The summed E-state index contributed by atoms with van der Waals surface area (Å²) in [5, 5.41) is 5.71. The lowest BCUT2D eigenvalue weighted by atomic mass is 9.86. The van der Waals surface area contributed by atoms with Crippen LogP contribution in [0.3, 0.4) is 0 Å². The number of nitrogens with zero attached hydrogens (tertiary/aromatic N) is 1. The van der Waals surface area contributed by atoms with Crippen molar-refractivity contribution in [2.24, 2.45) is 11.7 Å². The molecule has 0 spiro atoms. The highest BCUT2D eigenvalue weighted by Gasteiger charge is 2.19. The Kier molecular flexibility index (Phi) is 4.25. The number of nitrogens with one attached hydrogen (secondary N) is 1. The van der Waals surface area contributed by atoms with Crippen molar-refractivity contribution < 1.29 is 4.74 Å². The zero-order chi connectivity index (χ0) is 14.7. The third kappa shape index (κ3) is 3.10. The fourth-order valence-electron chi connectivity index (χ4n) is 3.26. The van der Waals surface area contributed by atoms with E-state index in [0.717, 1.165) is 35.3 Å². The molecule has 0 saturated heterocycles. The summed E-state index contributed by atoms with van der Waals surface area (Å²) in [7, 11) is 1.70. The highest BCUT2D eigenvalue weighted by molar-refractivity contribution is 5.95. The predicted molar refractivity (Wildman–Crippen MR) is 86.7 cm³/mol. The minimum Gasteiger partial charge on any atom is -0.496 e. The van der Waals surface area contributed by atoms with Crippen LogP contribution in [-0.4, -0.2) is 24.7 Å². The smallest absolute Gasteiger partial charge is 0.133 e. The molecular formula is C17H23N3O. The minimum atomic E-state index is 0.367. The quantitative estimate of drug-likeness (QED) is 0.906. The number of fused-ring (bicyclic) bond motifs is 1. The average molecular weight is 285 g/mol.